The molecule has 0 radical (unpaired) electrons. The quantitative estimate of drug-likeness (QED) is 0.590. The summed E-state index contributed by atoms with van der Waals surface area (Å²) >= 11 is 0. The van der Waals surface area contributed by atoms with E-state index in [-0.39, 0.29) is 12.5 Å². The van der Waals surface area contributed by atoms with Gasteiger partial charge in [0.25, 0.3) is 5.91 Å². The predicted molar refractivity (Wildman–Crippen MR) is 71.2 cm³/mol. The van der Waals surface area contributed by atoms with Crippen molar-refractivity contribution >= 4 is 5.91 Å². The fourth-order valence-electron chi connectivity index (χ4n) is 2.09. The Kier molecular flexibility index (Phi) is 5.56. The van der Waals surface area contributed by atoms with Crippen LogP contribution in [0.15, 0.2) is 23.3 Å². The zero-order chi connectivity index (χ0) is 13.6. The van der Waals surface area contributed by atoms with Gasteiger partial charge in [-0.1, -0.05) is 12.2 Å². The molecule has 4 nitrogen and oxygen atoms in total. The van der Waals surface area contributed by atoms with Gasteiger partial charge in [0.1, 0.15) is 0 Å². The fraction of sp³-hybridized carbons (Fsp3) is 0.643. The molecule has 0 unspecified atom stereocenters. The van der Waals surface area contributed by atoms with E-state index in [1.807, 2.05) is 26.8 Å². The summed E-state index contributed by atoms with van der Waals surface area (Å²) in [7, 11) is 0. The Labute approximate surface area is 109 Å². The van der Waals surface area contributed by atoms with Gasteiger partial charge in [0.15, 0.2) is 0 Å². The van der Waals surface area contributed by atoms with E-state index in [0.29, 0.717) is 31.6 Å². The minimum absolute atomic E-state index is 0.0476. The lowest BCUT2D eigenvalue weighted by molar-refractivity contribution is -0.121. The predicted octanol–water partition coefficient (Wildman–Crippen LogP) is 1.56. The summed E-state index contributed by atoms with van der Waals surface area (Å²) in [5.74, 6) is -0.121. The Balaban J connectivity index is 2.78. The summed E-state index contributed by atoms with van der Waals surface area (Å²) in [6.07, 6.45) is 5.02. The molecule has 0 bridgehead atoms. The van der Waals surface area contributed by atoms with E-state index in [1.54, 1.807) is 6.08 Å². The molecule has 4 heteroatoms. The molecule has 1 aliphatic heterocycles. The zero-order valence-electron chi connectivity index (χ0n) is 11.5. The van der Waals surface area contributed by atoms with Gasteiger partial charge in [0, 0.05) is 18.8 Å². The molecule has 18 heavy (non-hydrogen) atoms. The maximum Gasteiger partial charge on any atom is 0.251 e. The second-order valence-corrected chi connectivity index (χ2v) is 4.68. The number of rotatable bonds is 4. The van der Waals surface area contributed by atoms with Gasteiger partial charge in [-0.3, -0.25) is 4.79 Å². The van der Waals surface area contributed by atoms with E-state index in [4.69, 9.17) is 4.74 Å². The van der Waals surface area contributed by atoms with E-state index in [1.165, 1.54) is 0 Å². The molecule has 0 spiro atoms. The SMILES string of the molecule is C/C=C(C(=O)NC1(CO)CCOCC1)/C(C)=C/C. The highest BCUT2D eigenvalue weighted by Crippen LogP contribution is 2.21. The number of allylic oxidation sites excluding steroid dienone is 2. The van der Waals surface area contributed by atoms with Gasteiger partial charge in [0.05, 0.1) is 12.1 Å². The summed E-state index contributed by atoms with van der Waals surface area (Å²) in [6.45, 7) is 6.77. The Morgan fingerprint density at radius 1 is 1.33 bits per heavy atom. The standard InChI is InChI=1S/C14H23NO3/c1-4-11(3)12(5-2)13(17)15-14(10-16)6-8-18-9-7-14/h4-5,16H,6-10H2,1-3H3,(H,15,17)/b11-4+,12-5-. The molecule has 1 heterocycles. The van der Waals surface area contributed by atoms with Crippen molar-refractivity contribution < 1.29 is 14.6 Å². The number of ether oxygens (including phenoxy) is 1. The summed E-state index contributed by atoms with van der Waals surface area (Å²) < 4.78 is 5.28. The van der Waals surface area contributed by atoms with Crippen molar-refractivity contribution in [2.45, 2.75) is 39.2 Å². The van der Waals surface area contributed by atoms with Gasteiger partial charge in [-0.15, -0.1) is 0 Å². The van der Waals surface area contributed by atoms with Crippen LogP contribution in [0.25, 0.3) is 0 Å². The number of nitrogens with one attached hydrogen (secondary N) is 1. The van der Waals surface area contributed by atoms with Crippen LogP contribution in [0.5, 0.6) is 0 Å². The third-order valence-electron chi connectivity index (χ3n) is 3.52. The molecule has 1 amide bonds. The van der Waals surface area contributed by atoms with Crippen LogP contribution in [-0.4, -0.2) is 36.4 Å². The fourth-order valence-corrected chi connectivity index (χ4v) is 2.09. The van der Waals surface area contributed by atoms with Crippen molar-refractivity contribution in [3.63, 3.8) is 0 Å². The number of aliphatic hydroxyl groups excluding tert-OH is 1. The van der Waals surface area contributed by atoms with Crippen molar-refractivity contribution in [3.8, 4) is 0 Å². The van der Waals surface area contributed by atoms with Crippen LogP contribution in [0.3, 0.4) is 0 Å². The molecule has 0 atom stereocenters. The first-order valence-electron chi connectivity index (χ1n) is 6.39. The second kappa shape index (κ2) is 6.71. The molecular formula is C14H23NO3. The molecule has 0 saturated carbocycles. The van der Waals surface area contributed by atoms with Crippen molar-refractivity contribution in [1.82, 2.24) is 5.32 Å². The smallest absolute Gasteiger partial charge is 0.251 e. The van der Waals surface area contributed by atoms with E-state index in [9.17, 15) is 9.90 Å². The Morgan fingerprint density at radius 2 is 1.94 bits per heavy atom. The Bertz CT molecular complexity index is 352. The molecule has 1 aliphatic rings. The average molecular weight is 253 g/mol. The number of hydrogen-bond acceptors (Lipinski definition) is 3. The first-order valence-corrected chi connectivity index (χ1v) is 6.39. The third kappa shape index (κ3) is 3.43. The van der Waals surface area contributed by atoms with Gasteiger partial charge >= 0.3 is 0 Å². The van der Waals surface area contributed by atoms with Crippen LogP contribution >= 0.6 is 0 Å². The van der Waals surface area contributed by atoms with Gasteiger partial charge in [-0.2, -0.15) is 0 Å². The maximum absolute atomic E-state index is 12.2. The van der Waals surface area contributed by atoms with Crippen molar-refractivity contribution in [1.29, 1.82) is 0 Å². The number of carbonyl (C=O) groups is 1. The number of amides is 1. The highest BCUT2D eigenvalue weighted by molar-refractivity contribution is 5.98. The Morgan fingerprint density at radius 3 is 2.39 bits per heavy atom. The van der Waals surface area contributed by atoms with Crippen LogP contribution < -0.4 is 5.32 Å². The van der Waals surface area contributed by atoms with Crippen LogP contribution in [0.4, 0.5) is 0 Å². The first kappa shape index (κ1) is 14.9. The molecule has 0 aliphatic carbocycles. The van der Waals surface area contributed by atoms with Gasteiger partial charge < -0.3 is 15.2 Å². The molecule has 0 aromatic rings. The van der Waals surface area contributed by atoms with Crippen LogP contribution in [0.2, 0.25) is 0 Å². The van der Waals surface area contributed by atoms with E-state index >= 15 is 0 Å². The van der Waals surface area contributed by atoms with Gasteiger partial charge in [0.2, 0.25) is 0 Å². The normalized spacial score (nSPS) is 20.7. The zero-order valence-corrected chi connectivity index (χ0v) is 11.5. The van der Waals surface area contributed by atoms with Crippen LogP contribution in [0, 0.1) is 0 Å². The Hall–Kier alpha value is -1.13. The van der Waals surface area contributed by atoms with Crippen molar-refractivity contribution in [3.05, 3.63) is 23.3 Å². The minimum Gasteiger partial charge on any atom is -0.394 e. The van der Waals surface area contributed by atoms with Gasteiger partial charge in [-0.05, 0) is 39.2 Å². The molecule has 1 fully saturated rings. The van der Waals surface area contributed by atoms with E-state index in [0.717, 1.165) is 5.57 Å². The first-order chi connectivity index (χ1) is 8.58. The van der Waals surface area contributed by atoms with Crippen LogP contribution in [0.1, 0.15) is 33.6 Å². The van der Waals surface area contributed by atoms with Crippen molar-refractivity contribution in [2.75, 3.05) is 19.8 Å². The molecule has 2 N–H and O–H groups in total. The van der Waals surface area contributed by atoms with E-state index in [2.05, 4.69) is 5.32 Å². The summed E-state index contributed by atoms with van der Waals surface area (Å²) in [5, 5.41) is 12.5. The number of carbonyl (C=O) groups excluding carboxylic acids is 1. The number of hydrogen-bond donors (Lipinski definition) is 2. The molecule has 102 valence electrons. The van der Waals surface area contributed by atoms with Crippen molar-refractivity contribution in [2.24, 2.45) is 0 Å². The van der Waals surface area contributed by atoms with Gasteiger partial charge in [-0.25, -0.2) is 0 Å². The maximum atomic E-state index is 12.2. The monoisotopic (exact) mass is 253 g/mol. The molecule has 1 saturated heterocycles. The lowest BCUT2D eigenvalue weighted by Gasteiger charge is -2.36. The lowest BCUT2D eigenvalue weighted by Crippen LogP contribution is -2.55. The topological polar surface area (TPSA) is 58.6 Å². The number of aliphatic hydroxyl groups is 1. The molecule has 0 aromatic carbocycles. The van der Waals surface area contributed by atoms with Crippen LogP contribution in [-0.2, 0) is 9.53 Å². The largest absolute Gasteiger partial charge is 0.394 e. The molecule has 0 aromatic heterocycles. The highest BCUT2D eigenvalue weighted by atomic mass is 16.5. The molecule has 1 rings (SSSR count). The third-order valence-corrected chi connectivity index (χ3v) is 3.52. The lowest BCUT2D eigenvalue weighted by atomic mass is 9.90. The van der Waals surface area contributed by atoms with E-state index < -0.39 is 5.54 Å². The average Bonchev–Trinajstić information content (AvgIpc) is 2.40. The summed E-state index contributed by atoms with van der Waals surface area (Å²) in [4.78, 5) is 12.2. The summed E-state index contributed by atoms with van der Waals surface area (Å²) in [5.41, 5.74) is 1.07. The second-order valence-electron chi connectivity index (χ2n) is 4.68. The summed E-state index contributed by atoms with van der Waals surface area (Å²) in [6, 6.07) is 0. The highest BCUT2D eigenvalue weighted by Gasteiger charge is 2.34. The minimum atomic E-state index is -0.530. The molecular weight excluding hydrogens is 230 g/mol.